The molecule has 0 radical (unpaired) electrons. The lowest BCUT2D eigenvalue weighted by molar-refractivity contribution is 0.111. The van der Waals surface area contributed by atoms with Gasteiger partial charge in [-0.15, -0.1) is 0 Å². The Balaban J connectivity index is 1.90. The van der Waals surface area contributed by atoms with Gasteiger partial charge >= 0.3 is 0 Å². The first-order valence-corrected chi connectivity index (χ1v) is 7.41. The molecule has 2 aromatic carbocycles. The van der Waals surface area contributed by atoms with Crippen LogP contribution < -0.4 is 9.47 Å². The maximum absolute atomic E-state index is 13.6. The maximum Gasteiger partial charge on any atom is 0.162 e. The number of carbonyl (C=O) groups excluding carboxylic acids is 1. The third kappa shape index (κ3) is 3.03. The number of fused-ring (bicyclic) bond motifs is 1. The highest BCUT2D eigenvalue weighted by Gasteiger charge is 2.13. The Hall–Kier alpha value is -2.01. The third-order valence-electron chi connectivity index (χ3n) is 3.08. The van der Waals surface area contributed by atoms with E-state index in [1.807, 2.05) is 18.2 Å². The molecule has 0 saturated carbocycles. The van der Waals surface area contributed by atoms with Crippen LogP contribution in [0.25, 0.3) is 0 Å². The zero-order valence-electron chi connectivity index (χ0n) is 11.2. The fraction of sp³-hybridized carbons (Fsp3) is 0.188. The van der Waals surface area contributed by atoms with Crippen LogP contribution in [0.4, 0.5) is 4.39 Å². The molecule has 0 aromatic heterocycles. The molecular formula is C16H13FO3S. The molecule has 5 heteroatoms. The Morgan fingerprint density at radius 1 is 1.10 bits per heavy atom. The largest absolute Gasteiger partial charge is 0.490 e. The molecule has 0 N–H and O–H groups in total. The van der Waals surface area contributed by atoms with Crippen molar-refractivity contribution in [3.8, 4) is 11.5 Å². The molecule has 1 heterocycles. The minimum absolute atomic E-state index is 0.0783. The van der Waals surface area contributed by atoms with Crippen molar-refractivity contribution < 1.29 is 18.7 Å². The van der Waals surface area contributed by atoms with Gasteiger partial charge in [0.1, 0.15) is 5.82 Å². The van der Waals surface area contributed by atoms with E-state index in [1.54, 1.807) is 12.1 Å². The average Bonchev–Trinajstić information content (AvgIpc) is 2.72. The van der Waals surface area contributed by atoms with E-state index in [0.717, 1.165) is 11.3 Å². The Kier molecular flexibility index (Phi) is 4.10. The van der Waals surface area contributed by atoms with Crippen molar-refractivity contribution in [2.24, 2.45) is 0 Å². The standard InChI is InChI=1S/C16H13FO3S/c17-13-3-1-4-16(12(13)10-18)21-11-5-6-14-15(9-11)20-8-2-7-19-14/h1,3-6,9-10H,2,7-8H2. The Bertz CT molecular complexity index is 673. The molecule has 0 atom stereocenters. The summed E-state index contributed by atoms with van der Waals surface area (Å²) >= 11 is 1.33. The Labute approximate surface area is 126 Å². The smallest absolute Gasteiger partial charge is 0.162 e. The number of halogens is 1. The summed E-state index contributed by atoms with van der Waals surface area (Å²) < 4.78 is 24.8. The van der Waals surface area contributed by atoms with Crippen LogP contribution in [0.1, 0.15) is 16.8 Å². The van der Waals surface area contributed by atoms with Gasteiger partial charge in [0.25, 0.3) is 0 Å². The first-order chi connectivity index (χ1) is 10.3. The summed E-state index contributed by atoms with van der Waals surface area (Å²) in [7, 11) is 0. The van der Waals surface area contributed by atoms with E-state index in [1.165, 1.54) is 17.8 Å². The SMILES string of the molecule is O=Cc1c(F)cccc1Sc1ccc2c(c1)OCCCO2. The van der Waals surface area contributed by atoms with E-state index in [0.29, 0.717) is 35.9 Å². The third-order valence-corrected chi connectivity index (χ3v) is 4.14. The van der Waals surface area contributed by atoms with Gasteiger partial charge in [0.15, 0.2) is 17.8 Å². The van der Waals surface area contributed by atoms with Gasteiger partial charge in [-0.2, -0.15) is 0 Å². The van der Waals surface area contributed by atoms with E-state index < -0.39 is 5.82 Å². The van der Waals surface area contributed by atoms with Crippen LogP contribution in [0, 0.1) is 5.82 Å². The van der Waals surface area contributed by atoms with Crippen molar-refractivity contribution in [3.63, 3.8) is 0 Å². The molecule has 21 heavy (non-hydrogen) atoms. The molecule has 1 aliphatic rings. The maximum atomic E-state index is 13.6. The van der Waals surface area contributed by atoms with E-state index in [2.05, 4.69) is 0 Å². The molecule has 0 saturated heterocycles. The summed E-state index contributed by atoms with van der Waals surface area (Å²) in [5.74, 6) is 0.887. The summed E-state index contributed by atoms with van der Waals surface area (Å²) in [5.41, 5.74) is 0.0783. The number of hydrogen-bond acceptors (Lipinski definition) is 4. The first kappa shape index (κ1) is 13.9. The topological polar surface area (TPSA) is 35.5 Å². The van der Waals surface area contributed by atoms with Gasteiger partial charge in [0.2, 0.25) is 0 Å². The van der Waals surface area contributed by atoms with Crippen molar-refractivity contribution in [1.82, 2.24) is 0 Å². The highest BCUT2D eigenvalue weighted by molar-refractivity contribution is 7.99. The monoisotopic (exact) mass is 304 g/mol. The second-order valence-corrected chi connectivity index (χ2v) is 5.65. The van der Waals surface area contributed by atoms with Gasteiger partial charge in [0, 0.05) is 16.2 Å². The van der Waals surface area contributed by atoms with Gasteiger partial charge in [0.05, 0.1) is 18.8 Å². The molecular weight excluding hydrogens is 291 g/mol. The summed E-state index contributed by atoms with van der Waals surface area (Å²) in [4.78, 5) is 12.5. The lowest BCUT2D eigenvalue weighted by Gasteiger charge is -2.10. The van der Waals surface area contributed by atoms with Crippen LogP contribution >= 0.6 is 11.8 Å². The van der Waals surface area contributed by atoms with Crippen molar-refractivity contribution >= 4 is 18.0 Å². The Morgan fingerprint density at radius 2 is 1.90 bits per heavy atom. The van der Waals surface area contributed by atoms with E-state index in [4.69, 9.17) is 9.47 Å². The molecule has 108 valence electrons. The molecule has 0 spiro atoms. The molecule has 1 aliphatic heterocycles. The molecule has 0 fully saturated rings. The van der Waals surface area contributed by atoms with Gasteiger partial charge in [-0.1, -0.05) is 17.8 Å². The van der Waals surface area contributed by atoms with Crippen LogP contribution in [0.15, 0.2) is 46.2 Å². The molecule has 3 rings (SSSR count). The minimum atomic E-state index is -0.510. The predicted molar refractivity (Wildman–Crippen MR) is 78.0 cm³/mol. The molecule has 0 amide bonds. The molecule has 2 aromatic rings. The van der Waals surface area contributed by atoms with Gasteiger partial charge in [-0.25, -0.2) is 4.39 Å². The fourth-order valence-electron chi connectivity index (χ4n) is 2.05. The van der Waals surface area contributed by atoms with Crippen molar-refractivity contribution in [2.45, 2.75) is 16.2 Å². The Morgan fingerprint density at radius 3 is 2.71 bits per heavy atom. The predicted octanol–water partition coefficient (Wildman–Crippen LogP) is 3.95. The average molecular weight is 304 g/mol. The van der Waals surface area contributed by atoms with Crippen LogP contribution in [0.3, 0.4) is 0 Å². The van der Waals surface area contributed by atoms with Crippen molar-refractivity contribution in [2.75, 3.05) is 13.2 Å². The van der Waals surface area contributed by atoms with Crippen LogP contribution in [0.2, 0.25) is 0 Å². The quantitative estimate of drug-likeness (QED) is 0.804. The zero-order valence-corrected chi connectivity index (χ0v) is 12.0. The van der Waals surface area contributed by atoms with Crippen LogP contribution in [0.5, 0.6) is 11.5 Å². The first-order valence-electron chi connectivity index (χ1n) is 6.59. The highest BCUT2D eigenvalue weighted by Crippen LogP contribution is 2.37. The molecule has 3 nitrogen and oxygen atoms in total. The second-order valence-electron chi connectivity index (χ2n) is 4.53. The van der Waals surface area contributed by atoms with Crippen LogP contribution in [-0.4, -0.2) is 19.5 Å². The summed E-state index contributed by atoms with van der Waals surface area (Å²) in [6.07, 6.45) is 1.39. The summed E-state index contributed by atoms with van der Waals surface area (Å²) in [5, 5.41) is 0. The summed E-state index contributed by atoms with van der Waals surface area (Å²) in [6.45, 7) is 1.25. The molecule has 0 aliphatic carbocycles. The normalized spacial score (nSPS) is 13.6. The van der Waals surface area contributed by atoms with Gasteiger partial charge < -0.3 is 9.47 Å². The lowest BCUT2D eigenvalue weighted by Crippen LogP contribution is -1.97. The van der Waals surface area contributed by atoms with Crippen molar-refractivity contribution in [1.29, 1.82) is 0 Å². The number of rotatable bonds is 3. The van der Waals surface area contributed by atoms with E-state index >= 15 is 0 Å². The van der Waals surface area contributed by atoms with Crippen LogP contribution in [-0.2, 0) is 0 Å². The van der Waals surface area contributed by atoms with E-state index in [-0.39, 0.29) is 5.56 Å². The number of benzene rings is 2. The van der Waals surface area contributed by atoms with E-state index in [9.17, 15) is 9.18 Å². The van der Waals surface area contributed by atoms with Crippen molar-refractivity contribution in [3.05, 3.63) is 47.8 Å². The molecule has 0 unspecified atom stereocenters. The van der Waals surface area contributed by atoms with Gasteiger partial charge in [-0.3, -0.25) is 4.79 Å². The number of hydrogen-bond donors (Lipinski definition) is 0. The highest BCUT2D eigenvalue weighted by atomic mass is 32.2. The number of carbonyl (C=O) groups is 1. The van der Waals surface area contributed by atoms with Gasteiger partial charge in [-0.05, 0) is 30.3 Å². The fourth-order valence-corrected chi connectivity index (χ4v) is 3.01. The number of aldehydes is 1. The minimum Gasteiger partial charge on any atom is -0.490 e. The lowest BCUT2D eigenvalue weighted by atomic mass is 10.2. The number of ether oxygens (including phenoxy) is 2. The zero-order chi connectivity index (χ0) is 14.7. The summed E-state index contributed by atoms with van der Waals surface area (Å²) in [6, 6.07) is 10.2. The second kappa shape index (κ2) is 6.18. The molecule has 0 bridgehead atoms.